The number of ether oxygens (including phenoxy) is 4. The Balaban J connectivity index is 2.67. The zero-order chi connectivity index (χ0) is 21.6. The number of hydrogen-bond acceptors (Lipinski definition) is 5. The summed E-state index contributed by atoms with van der Waals surface area (Å²) in [5.41, 5.74) is 1.60. The molecule has 1 aromatic rings. The molecule has 29 heavy (non-hydrogen) atoms. The number of nitrogens with one attached hydrogen (secondary N) is 1. The Bertz CT molecular complexity index is 738. The van der Waals surface area contributed by atoms with Crippen molar-refractivity contribution in [1.82, 2.24) is 5.32 Å². The van der Waals surface area contributed by atoms with Crippen LogP contribution in [-0.2, 0) is 9.47 Å². The first-order valence-electron chi connectivity index (χ1n) is 9.77. The van der Waals surface area contributed by atoms with Crippen LogP contribution < -0.4 is 14.8 Å². The summed E-state index contributed by atoms with van der Waals surface area (Å²) in [5, 5.41) is 3.17. The standard InChI is InChI=1S/C23H34N2O4/c1-8-10-13-24-23(25-17(3)4)21(9-2)29-15-14-28-19-11-12-20(18(5)26-6)22(16-19)27-7/h9,11-12,16H,3,5,8,10,13-15H2,1-2,4,6-7H3,(H,24,25)/b21-9+. The lowest BCUT2D eigenvalue weighted by Crippen LogP contribution is -2.26. The molecule has 0 atom stereocenters. The van der Waals surface area contributed by atoms with Crippen LogP contribution in [0.5, 0.6) is 11.5 Å². The first-order chi connectivity index (χ1) is 14.0. The molecule has 0 saturated carbocycles. The van der Waals surface area contributed by atoms with Crippen LogP contribution in [0.1, 0.15) is 39.2 Å². The number of unbranched alkanes of at least 4 members (excludes halogenated alkanes) is 1. The van der Waals surface area contributed by atoms with Crippen molar-refractivity contribution in [3.63, 3.8) is 0 Å². The van der Waals surface area contributed by atoms with Gasteiger partial charge in [0.05, 0.1) is 19.8 Å². The molecule has 0 aromatic heterocycles. The van der Waals surface area contributed by atoms with Crippen molar-refractivity contribution in [2.45, 2.75) is 33.6 Å². The van der Waals surface area contributed by atoms with E-state index in [0.717, 1.165) is 30.6 Å². The molecule has 0 aliphatic heterocycles. The fraction of sp³-hybridized carbons (Fsp3) is 0.435. The van der Waals surface area contributed by atoms with Gasteiger partial charge in [0.1, 0.15) is 30.5 Å². The molecule has 0 heterocycles. The fourth-order valence-corrected chi connectivity index (χ4v) is 2.43. The third kappa shape index (κ3) is 8.34. The highest BCUT2D eigenvalue weighted by atomic mass is 16.5. The number of hydrogen-bond donors (Lipinski definition) is 1. The Hall–Kier alpha value is -2.89. The molecule has 0 saturated heterocycles. The maximum absolute atomic E-state index is 5.88. The highest BCUT2D eigenvalue weighted by molar-refractivity contribution is 5.97. The predicted molar refractivity (Wildman–Crippen MR) is 119 cm³/mol. The van der Waals surface area contributed by atoms with E-state index >= 15 is 0 Å². The number of amidine groups is 1. The Morgan fingerprint density at radius 1 is 1.21 bits per heavy atom. The Morgan fingerprint density at radius 3 is 2.55 bits per heavy atom. The van der Waals surface area contributed by atoms with Crippen molar-refractivity contribution in [2.75, 3.05) is 34.0 Å². The molecule has 1 N–H and O–H groups in total. The minimum absolute atomic E-state index is 0.374. The molecule has 0 aliphatic rings. The first-order valence-corrected chi connectivity index (χ1v) is 9.77. The summed E-state index contributed by atoms with van der Waals surface area (Å²) in [6.45, 7) is 15.2. The van der Waals surface area contributed by atoms with Crippen LogP contribution in [0.15, 0.2) is 53.9 Å². The Labute approximate surface area is 174 Å². The lowest BCUT2D eigenvalue weighted by atomic mass is 10.1. The highest BCUT2D eigenvalue weighted by Gasteiger charge is 2.10. The summed E-state index contributed by atoms with van der Waals surface area (Å²) in [6.07, 6.45) is 3.99. The average molecular weight is 403 g/mol. The van der Waals surface area contributed by atoms with E-state index in [1.807, 2.05) is 32.1 Å². The number of rotatable bonds is 13. The van der Waals surface area contributed by atoms with Gasteiger partial charge in [0, 0.05) is 18.3 Å². The Kier molecular flexibility index (Phi) is 11.1. The van der Waals surface area contributed by atoms with Gasteiger partial charge in [-0.2, -0.15) is 0 Å². The van der Waals surface area contributed by atoms with E-state index in [0.29, 0.717) is 42.1 Å². The second-order valence-electron chi connectivity index (χ2n) is 6.33. The van der Waals surface area contributed by atoms with Crippen molar-refractivity contribution in [3.8, 4) is 11.5 Å². The summed E-state index contributed by atoms with van der Waals surface area (Å²) in [4.78, 5) is 4.59. The molecule has 0 spiro atoms. The van der Waals surface area contributed by atoms with Gasteiger partial charge in [0.2, 0.25) is 0 Å². The van der Waals surface area contributed by atoms with Crippen LogP contribution in [0.3, 0.4) is 0 Å². The molecular weight excluding hydrogens is 368 g/mol. The molecule has 6 heteroatoms. The van der Waals surface area contributed by atoms with Gasteiger partial charge >= 0.3 is 0 Å². The van der Waals surface area contributed by atoms with Gasteiger partial charge in [0.15, 0.2) is 11.6 Å². The molecule has 0 unspecified atom stereocenters. The molecule has 0 aliphatic carbocycles. The second-order valence-corrected chi connectivity index (χ2v) is 6.33. The van der Waals surface area contributed by atoms with Gasteiger partial charge in [-0.15, -0.1) is 0 Å². The number of nitrogens with zero attached hydrogens (tertiary/aromatic N) is 1. The Morgan fingerprint density at radius 2 is 1.97 bits per heavy atom. The fourth-order valence-electron chi connectivity index (χ4n) is 2.43. The molecule has 0 amide bonds. The van der Waals surface area contributed by atoms with E-state index in [2.05, 4.69) is 30.4 Å². The molecule has 0 radical (unpaired) electrons. The van der Waals surface area contributed by atoms with E-state index < -0.39 is 0 Å². The zero-order valence-electron chi connectivity index (χ0n) is 18.3. The molecule has 160 valence electrons. The van der Waals surface area contributed by atoms with Crippen LogP contribution in [0.4, 0.5) is 0 Å². The summed E-state index contributed by atoms with van der Waals surface area (Å²) < 4.78 is 22.2. The number of allylic oxidation sites excluding steroid dienone is 2. The first kappa shape index (κ1) is 24.1. The number of aliphatic imine (C=N–C) groups is 1. The lowest BCUT2D eigenvalue weighted by Gasteiger charge is -2.16. The van der Waals surface area contributed by atoms with Gasteiger partial charge in [0.25, 0.3) is 0 Å². The number of methoxy groups -OCH3 is 2. The monoisotopic (exact) mass is 402 g/mol. The quantitative estimate of drug-likeness (QED) is 0.219. The average Bonchev–Trinajstić information content (AvgIpc) is 2.72. The normalized spacial score (nSPS) is 11.6. The summed E-state index contributed by atoms with van der Waals surface area (Å²) in [6, 6.07) is 5.50. The van der Waals surface area contributed by atoms with Crippen LogP contribution in [0.25, 0.3) is 5.76 Å². The maximum Gasteiger partial charge on any atom is 0.168 e. The lowest BCUT2D eigenvalue weighted by molar-refractivity contribution is 0.166. The SMILES string of the molecule is C=C(C)NC(=NCCCC)/C(=C\C)OCCOc1ccc(C(=C)OC)c(OC)c1. The third-order valence-corrected chi connectivity index (χ3v) is 3.94. The van der Waals surface area contributed by atoms with Crippen LogP contribution in [0.2, 0.25) is 0 Å². The molecular formula is C23H34N2O4. The molecule has 1 rings (SSSR count). The van der Waals surface area contributed by atoms with Crippen LogP contribution >= 0.6 is 0 Å². The molecule has 0 fully saturated rings. The summed E-state index contributed by atoms with van der Waals surface area (Å²) in [7, 11) is 3.17. The van der Waals surface area contributed by atoms with Crippen molar-refractivity contribution in [2.24, 2.45) is 4.99 Å². The molecule has 1 aromatic carbocycles. The van der Waals surface area contributed by atoms with Crippen molar-refractivity contribution < 1.29 is 18.9 Å². The topological polar surface area (TPSA) is 61.3 Å². The van der Waals surface area contributed by atoms with Crippen LogP contribution in [0, 0.1) is 0 Å². The van der Waals surface area contributed by atoms with E-state index in [1.165, 1.54) is 0 Å². The van der Waals surface area contributed by atoms with Gasteiger partial charge in [-0.1, -0.05) is 26.5 Å². The van der Waals surface area contributed by atoms with E-state index in [1.54, 1.807) is 20.3 Å². The molecule has 6 nitrogen and oxygen atoms in total. The molecule has 0 bridgehead atoms. The van der Waals surface area contributed by atoms with E-state index in [4.69, 9.17) is 18.9 Å². The van der Waals surface area contributed by atoms with Crippen molar-refractivity contribution in [3.05, 3.63) is 54.5 Å². The van der Waals surface area contributed by atoms with Gasteiger partial charge in [-0.25, -0.2) is 0 Å². The van der Waals surface area contributed by atoms with Gasteiger partial charge < -0.3 is 24.3 Å². The maximum atomic E-state index is 5.88. The zero-order valence-corrected chi connectivity index (χ0v) is 18.3. The van der Waals surface area contributed by atoms with Gasteiger partial charge in [-0.3, -0.25) is 4.99 Å². The summed E-state index contributed by atoms with van der Waals surface area (Å²) >= 11 is 0. The largest absolute Gasteiger partial charge is 0.497 e. The number of benzene rings is 1. The minimum Gasteiger partial charge on any atom is -0.497 e. The second kappa shape index (κ2) is 13.3. The minimum atomic E-state index is 0.374. The van der Waals surface area contributed by atoms with Crippen molar-refractivity contribution >= 4 is 11.6 Å². The van der Waals surface area contributed by atoms with E-state index in [9.17, 15) is 0 Å². The summed E-state index contributed by atoms with van der Waals surface area (Å²) in [5.74, 6) is 3.22. The third-order valence-electron chi connectivity index (χ3n) is 3.94. The highest BCUT2D eigenvalue weighted by Crippen LogP contribution is 2.29. The van der Waals surface area contributed by atoms with Crippen LogP contribution in [-0.4, -0.2) is 39.8 Å². The van der Waals surface area contributed by atoms with Crippen molar-refractivity contribution in [1.29, 1.82) is 0 Å². The van der Waals surface area contributed by atoms with E-state index in [-0.39, 0.29) is 0 Å². The predicted octanol–water partition coefficient (Wildman–Crippen LogP) is 4.93. The van der Waals surface area contributed by atoms with Gasteiger partial charge in [-0.05, 0) is 38.5 Å². The smallest absolute Gasteiger partial charge is 0.168 e.